The molecule has 1 N–H and O–H groups in total. The minimum absolute atomic E-state index is 0.0346. The number of allylic oxidation sites excluding steroid dienone is 5. The largest absolute Gasteiger partial charge is 0.505 e. The molecule has 0 amide bonds. The van der Waals surface area contributed by atoms with Gasteiger partial charge in [0.1, 0.15) is 37.8 Å². The average molecular weight is 731 g/mol. The highest BCUT2D eigenvalue weighted by atomic mass is 19.1. The molecule has 278 valence electrons. The highest BCUT2D eigenvalue weighted by Crippen LogP contribution is 2.44. The van der Waals surface area contributed by atoms with E-state index >= 15 is 0 Å². The van der Waals surface area contributed by atoms with Crippen LogP contribution in [0.15, 0.2) is 77.7 Å². The fraction of sp³-hybridized carbons (Fsp3) is 0.325. The maximum Gasteiger partial charge on any atom is 0.325 e. The van der Waals surface area contributed by atoms with Crippen molar-refractivity contribution in [2.24, 2.45) is 0 Å². The summed E-state index contributed by atoms with van der Waals surface area (Å²) in [5.41, 5.74) is 5.13. The predicted octanol–water partition coefficient (Wildman–Crippen LogP) is 5.40. The second-order valence-electron chi connectivity index (χ2n) is 12.7. The van der Waals surface area contributed by atoms with Crippen LogP contribution < -0.4 is 19.3 Å². The monoisotopic (exact) mass is 730 g/mol. The van der Waals surface area contributed by atoms with Crippen LogP contribution >= 0.6 is 0 Å². The number of hydrogen-bond donors (Lipinski definition) is 1. The van der Waals surface area contributed by atoms with E-state index in [1.54, 1.807) is 23.1 Å². The number of carbonyl (C=O) groups is 3. The number of anilines is 2. The molecule has 53 heavy (non-hydrogen) atoms. The number of fused-ring (bicyclic) bond motifs is 4. The van der Waals surface area contributed by atoms with Crippen molar-refractivity contribution >= 4 is 34.7 Å². The number of ether oxygens (including phenoxy) is 5. The third-order valence-electron chi connectivity index (χ3n) is 9.28. The zero-order valence-electron chi connectivity index (χ0n) is 29.7. The quantitative estimate of drug-likeness (QED) is 0.340. The molecule has 0 bridgehead atoms. The van der Waals surface area contributed by atoms with E-state index in [-0.39, 0.29) is 46.1 Å². The SMILES string of the molecule is COC(=O)CN1CCOCCN(CC(=O)OC)c2ccc(C3=C4C=C(F)C(=O)C=C4CCc4cc(O)c(F)cc43)cc2OCCOc2cc(C)ccc21. The van der Waals surface area contributed by atoms with E-state index in [2.05, 4.69) is 0 Å². The fourth-order valence-corrected chi connectivity index (χ4v) is 6.61. The molecule has 0 radical (unpaired) electrons. The summed E-state index contributed by atoms with van der Waals surface area (Å²) in [5, 5.41) is 10.3. The van der Waals surface area contributed by atoms with Crippen LogP contribution in [0.1, 0.15) is 28.7 Å². The highest BCUT2D eigenvalue weighted by Gasteiger charge is 2.28. The maximum atomic E-state index is 15.0. The molecule has 1 heterocycles. The first kappa shape index (κ1) is 37.1. The Hall–Kier alpha value is -5.69. The smallest absolute Gasteiger partial charge is 0.325 e. The number of esters is 2. The van der Waals surface area contributed by atoms with E-state index in [4.69, 9.17) is 23.7 Å². The average Bonchev–Trinajstić information content (AvgIpc) is 3.28. The molecule has 6 rings (SSSR count). The van der Waals surface area contributed by atoms with Gasteiger partial charge >= 0.3 is 11.9 Å². The lowest BCUT2D eigenvalue weighted by Crippen LogP contribution is -2.36. The van der Waals surface area contributed by atoms with Crippen LogP contribution in [0.2, 0.25) is 0 Å². The number of hydrogen-bond acceptors (Lipinski definition) is 11. The number of carbonyl (C=O) groups excluding carboxylic acids is 3. The Balaban J connectivity index is 1.44. The van der Waals surface area contributed by atoms with Gasteiger partial charge in [0.05, 0.1) is 38.8 Å². The van der Waals surface area contributed by atoms with E-state index in [1.165, 1.54) is 38.5 Å². The fourth-order valence-electron chi connectivity index (χ4n) is 6.61. The van der Waals surface area contributed by atoms with Crippen molar-refractivity contribution in [3.8, 4) is 17.2 Å². The second-order valence-corrected chi connectivity index (χ2v) is 12.7. The van der Waals surface area contributed by atoms with Crippen molar-refractivity contribution in [2.75, 3.05) is 76.6 Å². The first-order valence-electron chi connectivity index (χ1n) is 17.2. The summed E-state index contributed by atoms with van der Waals surface area (Å²) in [6.07, 6.45) is 3.15. The zero-order chi connectivity index (χ0) is 37.6. The Morgan fingerprint density at radius 3 is 2.08 bits per heavy atom. The Kier molecular flexibility index (Phi) is 11.4. The van der Waals surface area contributed by atoms with Crippen molar-refractivity contribution < 1.29 is 52.0 Å². The molecule has 1 aliphatic heterocycles. The van der Waals surface area contributed by atoms with Gasteiger partial charge in [0.15, 0.2) is 17.4 Å². The van der Waals surface area contributed by atoms with Crippen LogP contribution in [0.4, 0.5) is 20.2 Å². The summed E-state index contributed by atoms with van der Waals surface area (Å²) in [6, 6.07) is 13.4. The number of aryl methyl sites for hydroxylation is 2. The van der Waals surface area contributed by atoms with Gasteiger partial charge in [0.25, 0.3) is 0 Å². The van der Waals surface area contributed by atoms with E-state index in [1.807, 2.05) is 30.0 Å². The molecule has 3 aromatic rings. The topological polar surface area (TPSA) is 124 Å². The molecule has 0 spiro atoms. The summed E-state index contributed by atoms with van der Waals surface area (Å²) in [6.45, 7) is 2.90. The van der Waals surface area contributed by atoms with Gasteiger partial charge in [-0.25, -0.2) is 8.78 Å². The molecule has 0 fully saturated rings. The molecular formula is C40H40F2N2O9. The number of ketones is 1. The molecule has 0 aromatic heterocycles. The van der Waals surface area contributed by atoms with E-state index in [0.717, 1.165) is 5.56 Å². The van der Waals surface area contributed by atoms with E-state index in [0.29, 0.717) is 75.7 Å². The lowest BCUT2D eigenvalue weighted by Gasteiger charge is -2.27. The van der Waals surface area contributed by atoms with Gasteiger partial charge in [0, 0.05) is 13.1 Å². The summed E-state index contributed by atoms with van der Waals surface area (Å²) < 4.78 is 58.5. The zero-order valence-corrected chi connectivity index (χ0v) is 29.7. The number of benzene rings is 3. The van der Waals surface area contributed by atoms with Crippen molar-refractivity contribution in [2.45, 2.75) is 19.8 Å². The third kappa shape index (κ3) is 8.36. The Morgan fingerprint density at radius 1 is 0.811 bits per heavy atom. The van der Waals surface area contributed by atoms with Gasteiger partial charge in [-0.1, -0.05) is 12.1 Å². The normalized spacial score (nSPS) is 16.5. The number of phenols is 1. The summed E-state index contributed by atoms with van der Waals surface area (Å²) >= 11 is 0. The minimum atomic E-state index is -0.948. The van der Waals surface area contributed by atoms with Gasteiger partial charge in [-0.15, -0.1) is 0 Å². The highest BCUT2D eigenvalue weighted by molar-refractivity contribution is 6.07. The molecule has 0 saturated heterocycles. The molecule has 0 unspecified atom stereocenters. The molecule has 11 nitrogen and oxygen atoms in total. The van der Waals surface area contributed by atoms with E-state index < -0.39 is 35.1 Å². The Bertz CT molecular complexity index is 2020. The van der Waals surface area contributed by atoms with Crippen LogP contribution in [0.25, 0.3) is 5.57 Å². The van der Waals surface area contributed by atoms with Gasteiger partial charge < -0.3 is 38.6 Å². The lowest BCUT2D eigenvalue weighted by molar-refractivity contribution is -0.139. The van der Waals surface area contributed by atoms with Crippen LogP contribution in [-0.2, 0) is 35.0 Å². The summed E-state index contributed by atoms with van der Waals surface area (Å²) in [5.74, 6) is -3.13. The molecular weight excluding hydrogens is 690 g/mol. The Morgan fingerprint density at radius 2 is 1.43 bits per heavy atom. The van der Waals surface area contributed by atoms with E-state index in [9.17, 15) is 28.3 Å². The minimum Gasteiger partial charge on any atom is -0.505 e. The van der Waals surface area contributed by atoms with Gasteiger partial charge in [-0.3, -0.25) is 14.4 Å². The number of aromatic hydroxyl groups is 1. The number of phenolic OH excluding ortho intramolecular Hbond substituents is 1. The predicted molar refractivity (Wildman–Crippen MR) is 193 cm³/mol. The Labute approximate surface area is 305 Å². The number of halogens is 2. The van der Waals surface area contributed by atoms with Crippen LogP contribution in [0.3, 0.4) is 0 Å². The van der Waals surface area contributed by atoms with Crippen molar-refractivity contribution in [1.82, 2.24) is 0 Å². The van der Waals surface area contributed by atoms with Crippen molar-refractivity contribution in [3.05, 3.63) is 106 Å². The molecule has 13 heteroatoms. The lowest BCUT2D eigenvalue weighted by atomic mass is 9.86. The van der Waals surface area contributed by atoms with Crippen molar-refractivity contribution in [3.63, 3.8) is 0 Å². The second kappa shape index (κ2) is 16.3. The first-order valence-corrected chi connectivity index (χ1v) is 17.2. The van der Waals surface area contributed by atoms with Crippen LogP contribution in [-0.4, -0.2) is 89.7 Å². The first-order chi connectivity index (χ1) is 25.6. The number of methoxy groups -OCH3 is 2. The molecule has 2 aliphatic carbocycles. The number of nitrogens with zero attached hydrogens (tertiary/aromatic N) is 2. The maximum absolute atomic E-state index is 15.0. The number of rotatable bonds is 5. The van der Waals surface area contributed by atoms with Crippen LogP contribution in [0.5, 0.6) is 17.2 Å². The van der Waals surface area contributed by atoms with Crippen molar-refractivity contribution in [1.29, 1.82) is 0 Å². The summed E-state index contributed by atoms with van der Waals surface area (Å²) in [7, 11) is 2.62. The molecule has 0 atom stereocenters. The molecule has 3 aliphatic rings. The third-order valence-corrected chi connectivity index (χ3v) is 9.28. The summed E-state index contributed by atoms with van der Waals surface area (Å²) in [4.78, 5) is 41.0. The molecule has 3 aromatic carbocycles. The van der Waals surface area contributed by atoms with Gasteiger partial charge in [-0.05, 0) is 107 Å². The molecule has 0 saturated carbocycles. The van der Waals surface area contributed by atoms with Crippen LogP contribution in [0, 0.1) is 12.7 Å². The standard InChI is InChI=1S/C40H40F2N2O9/c1-24-4-8-32-36(16-24)52-14-15-53-37-19-27(7-9-33(37)44(23-39(48)50-3)11-13-51-12-10-43(32)22-38(47)49-2)40-28-20-30(41)34(45)17-25(28)5-6-26-18-35(46)31(42)21-29(26)40/h4,7-9,16-21,45H,5-6,10-15,22-23H2,1-3H3. The van der Waals surface area contributed by atoms with Gasteiger partial charge in [0.2, 0.25) is 5.78 Å². The van der Waals surface area contributed by atoms with Gasteiger partial charge in [-0.2, -0.15) is 0 Å².